The van der Waals surface area contributed by atoms with Gasteiger partial charge in [0, 0.05) is 11.9 Å². The van der Waals surface area contributed by atoms with Gasteiger partial charge in [-0.2, -0.15) is 5.10 Å². The van der Waals surface area contributed by atoms with Gasteiger partial charge in [-0.15, -0.1) is 0 Å². The molecular weight excluding hydrogens is 208 g/mol. The van der Waals surface area contributed by atoms with E-state index in [-0.39, 0.29) is 18.6 Å². The van der Waals surface area contributed by atoms with Gasteiger partial charge >= 0.3 is 5.97 Å². The van der Waals surface area contributed by atoms with E-state index in [2.05, 4.69) is 5.10 Å². The third kappa shape index (κ3) is 2.41. The molecule has 1 aliphatic rings. The van der Waals surface area contributed by atoms with E-state index in [0.717, 1.165) is 31.4 Å². The van der Waals surface area contributed by atoms with E-state index in [1.807, 2.05) is 0 Å². The van der Waals surface area contributed by atoms with Crippen molar-refractivity contribution in [3.8, 4) is 0 Å². The lowest BCUT2D eigenvalue weighted by Gasteiger charge is -2.26. The molecule has 16 heavy (non-hydrogen) atoms. The molecule has 0 atom stereocenters. The molecule has 0 unspecified atom stereocenters. The van der Waals surface area contributed by atoms with E-state index in [1.165, 1.54) is 0 Å². The molecule has 0 radical (unpaired) electrons. The van der Waals surface area contributed by atoms with Crippen molar-refractivity contribution in [2.45, 2.75) is 44.2 Å². The maximum absolute atomic E-state index is 10.7. The van der Waals surface area contributed by atoms with Gasteiger partial charge in [0.05, 0.1) is 18.6 Å². The monoisotopic (exact) mass is 224 g/mol. The van der Waals surface area contributed by atoms with Gasteiger partial charge in [-0.05, 0) is 31.7 Å². The number of carbonyl (C=O) groups is 1. The second-order valence-electron chi connectivity index (χ2n) is 4.30. The number of nitrogens with zero attached hydrogens (tertiary/aromatic N) is 2. The van der Waals surface area contributed by atoms with Crippen LogP contribution in [0.15, 0.2) is 12.3 Å². The number of carboxylic acid groups (broad SMARTS) is 1. The molecule has 0 saturated heterocycles. The van der Waals surface area contributed by atoms with Crippen molar-refractivity contribution >= 4 is 5.97 Å². The Hall–Kier alpha value is -1.36. The molecule has 0 aromatic carbocycles. The van der Waals surface area contributed by atoms with Crippen molar-refractivity contribution < 1.29 is 15.0 Å². The minimum Gasteiger partial charge on any atom is -0.481 e. The van der Waals surface area contributed by atoms with E-state index in [0.29, 0.717) is 0 Å². The third-order valence-electron chi connectivity index (χ3n) is 3.10. The molecule has 1 aliphatic carbocycles. The van der Waals surface area contributed by atoms with Gasteiger partial charge in [-0.3, -0.25) is 9.48 Å². The zero-order chi connectivity index (χ0) is 11.5. The Balaban J connectivity index is 2.08. The predicted molar refractivity (Wildman–Crippen MR) is 57.1 cm³/mol. The largest absolute Gasteiger partial charge is 0.481 e. The van der Waals surface area contributed by atoms with Crippen LogP contribution in [0.4, 0.5) is 0 Å². The highest BCUT2D eigenvalue weighted by molar-refractivity contribution is 5.69. The highest BCUT2D eigenvalue weighted by Gasteiger charge is 2.23. The number of aliphatic carboxylic acids is 1. The first-order chi connectivity index (χ1) is 7.66. The molecule has 0 bridgehead atoms. The van der Waals surface area contributed by atoms with Crippen LogP contribution in [0.1, 0.15) is 37.4 Å². The second-order valence-corrected chi connectivity index (χ2v) is 4.30. The molecule has 1 heterocycles. The quantitative estimate of drug-likeness (QED) is 0.802. The summed E-state index contributed by atoms with van der Waals surface area (Å²) < 4.78 is 1.81. The fourth-order valence-corrected chi connectivity index (χ4v) is 2.27. The summed E-state index contributed by atoms with van der Waals surface area (Å²) in [4.78, 5) is 10.7. The maximum atomic E-state index is 10.7. The Morgan fingerprint density at radius 1 is 1.44 bits per heavy atom. The fraction of sp³-hybridized carbons (Fsp3) is 0.636. The zero-order valence-electron chi connectivity index (χ0n) is 9.04. The highest BCUT2D eigenvalue weighted by atomic mass is 16.4. The van der Waals surface area contributed by atoms with Gasteiger partial charge in [0.2, 0.25) is 0 Å². The molecule has 0 amide bonds. The van der Waals surface area contributed by atoms with Crippen molar-refractivity contribution in [3.63, 3.8) is 0 Å². The molecule has 1 fully saturated rings. The Kier molecular flexibility index (Phi) is 3.24. The topological polar surface area (TPSA) is 75.3 Å². The SMILES string of the molecule is O=C(O)Cc1ccnn1C1CCC(O)CC1. The van der Waals surface area contributed by atoms with Crippen LogP contribution in [0.2, 0.25) is 0 Å². The summed E-state index contributed by atoms with van der Waals surface area (Å²) in [5, 5.41) is 22.4. The number of carboxylic acids is 1. The van der Waals surface area contributed by atoms with Gasteiger partial charge < -0.3 is 10.2 Å². The average Bonchev–Trinajstić information content (AvgIpc) is 2.66. The van der Waals surface area contributed by atoms with Crippen LogP contribution in [0.25, 0.3) is 0 Å². The maximum Gasteiger partial charge on any atom is 0.309 e. The minimum absolute atomic E-state index is 0.0129. The van der Waals surface area contributed by atoms with Gasteiger partial charge in [-0.25, -0.2) is 0 Å². The van der Waals surface area contributed by atoms with Crippen LogP contribution in [-0.2, 0) is 11.2 Å². The normalized spacial score (nSPS) is 25.6. The number of hydrogen-bond donors (Lipinski definition) is 2. The summed E-state index contributed by atoms with van der Waals surface area (Å²) >= 11 is 0. The van der Waals surface area contributed by atoms with Gasteiger partial charge in [-0.1, -0.05) is 0 Å². The molecule has 0 spiro atoms. The molecule has 1 saturated carbocycles. The van der Waals surface area contributed by atoms with E-state index in [4.69, 9.17) is 5.11 Å². The zero-order valence-corrected chi connectivity index (χ0v) is 9.04. The number of rotatable bonds is 3. The van der Waals surface area contributed by atoms with Crippen LogP contribution in [0.3, 0.4) is 0 Å². The first-order valence-corrected chi connectivity index (χ1v) is 5.59. The van der Waals surface area contributed by atoms with E-state index < -0.39 is 5.97 Å². The lowest BCUT2D eigenvalue weighted by Crippen LogP contribution is -2.23. The van der Waals surface area contributed by atoms with Crippen LogP contribution >= 0.6 is 0 Å². The lowest BCUT2D eigenvalue weighted by molar-refractivity contribution is -0.136. The van der Waals surface area contributed by atoms with Crippen molar-refractivity contribution in [2.75, 3.05) is 0 Å². The second kappa shape index (κ2) is 4.65. The van der Waals surface area contributed by atoms with E-state index >= 15 is 0 Å². The summed E-state index contributed by atoms with van der Waals surface area (Å²) in [6, 6.07) is 1.99. The van der Waals surface area contributed by atoms with E-state index in [1.54, 1.807) is 16.9 Å². The number of hydrogen-bond acceptors (Lipinski definition) is 3. The van der Waals surface area contributed by atoms with Crippen LogP contribution in [-0.4, -0.2) is 32.1 Å². The molecule has 2 rings (SSSR count). The van der Waals surface area contributed by atoms with Crippen LogP contribution in [0, 0.1) is 0 Å². The Labute approximate surface area is 93.7 Å². The third-order valence-corrected chi connectivity index (χ3v) is 3.10. The van der Waals surface area contributed by atoms with Gasteiger partial charge in [0.15, 0.2) is 0 Å². The first kappa shape index (κ1) is 11.1. The molecule has 2 N–H and O–H groups in total. The standard InChI is InChI=1S/C11H16N2O3/c14-10-3-1-8(2-4-10)13-9(5-6-12-13)7-11(15)16/h5-6,8,10,14H,1-4,7H2,(H,15,16). The van der Waals surface area contributed by atoms with Crippen molar-refractivity contribution in [2.24, 2.45) is 0 Å². The molecule has 5 heteroatoms. The molecule has 1 aromatic heterocycles. The van der Waals surface area contributed by atoms with Crippen molar-refractivity contribution in [1.82, 2.24) is 9.78 Å². The van der Waals surface area contributed by atoms with Gasteiger partial charge in [0.1, 0.15) is 0 Å². The summed E-state index contributed by atoms with van der Waals surface area (Å²) in [6.07, 6.45) is 4.75. The Morgan fingerprint density at radius 3 is 2.75 bits per heavy atom. The molecule has 0 aliphatic heterocycles. The van der Waals surface area contributed by atoms with E-state index in [9.17, 15) is 9.90 Å². The smallest absolute Gasteiger partial charge is 0.309 e. The summed E-state index contributed by atoms with van der Waals surface area (Å²) in [5.41, 5.74) is 0.744. The first-order valence-electron chi connectivity index (χ1n) is 5.59. The summed E-state index contributed by atoms with van der Waals surface area (Å²) in [6.45, 7) is 0. The number of aromatic nitrogens is 2. The van der Waals surface area contributed by atoms with Crippen LogP contribution in [0.5, 0.6) is 0 Å². The average molecular weight is 224 g/mol. The number of aliphatic hydroxyl groups excluding tert-OH is 1. The van der Waals surface area contributed by atoms with Gasteiger partial charge in [0.25, 0.3) is 0 Å². The minimum atomic E-state index is -0.836. The fourth-order valence-electron chi connectivity index (χ4n) is 2.27. The predicted octanol–water partition coefficient (Wildman–Crippen LogP) is 0.986. The summed E-state index contributed by atoms with van der Waals surface area (Å²) in [7, 11) is 0. The van der Waals surface area contributed by atoms with Crippen LogP contribution < -0.4 is 0 Å². The lowest BCUT2D eigenvalue weighted by atomic mass is 9.93. The molecule has 88 valence electrons. The molecule has 5 nitrogen and oxygen atoms in total. The van der Waals surface area contributed by atoms with Crippen molar-refractivity contribution in [1.29, 1.82) is 0 Å². The molecule has 1 aromatic rings. The summed E-state index contributed by atoms with van der Waals surface area (Å²) in [5.74, 6) is -0.836. The Bertz CT molecular complexity index is 367. The number of aliphatic hydroxyl groups is 1. The van der Waals surface area contributed by atoms with Crippen molar-refractivity contribution in [3.05, 3.63) is 18.0 Å². The Morgan fingerprint density at radius 2 is 2.12 bits per heavy atom. The highest BCUT2D eigenvalue weighted by Crippen LogP contribution is 2.28. The molecular formula is C11H16N2O3.